The molecule has 2 aromatic rings. The second-order valence-corrected chi connectivity index (χ2v) is 5.02. The molecule has 2 rings (SSSR count). The first-order valence-electron chi connectivity index (χ1n) is 5.15. The summed E-state index contributed by atoms with van der Waals surface area (Å²) in [6.07, 6.45) is 0. The van der Waals surface area contributed by atoms with E-state index in [4.69, 9.17) is 17.3 Å². The molecule has 0 saturated heterocycles. The van der Waals surface area contributed by atoms with E-state index in [1.165, 1.54) is 6.07 Å². The van der Waals surface area contributed by atoms with Gasteiger partial charge in [-0.1, -0.05) is 29.8 Å². The number of nitrogens with two attached hydrogens (primary N) is 1. The largest absolute Gasteiger partial charge is 0.320 e. The number of benzene rings is 2. The van der Waals surface area contributed by atoms with E-state index in [0.717, 1.165) is 11.6 Å². The zero-order valence-electron chi connectivity index (χ0n) is 9.13. The Balaban J connectivity index is 2.43. The first kappa shape index (κ1) is 13.5. The molecule has 0 bridgehead atoms. The van der Waals surface area contributed by atoms with E-state index in [0.29, 0.717) is 10.6 Å². The molecule has 94 valence electrons. The van der Waals surface area contributed by atoms with Crippen molar-refractivity contribution in [3.05, 3.63) is 68.7 Å². The fourth-order valence-corrected chi connectivity index (χ4v) is 2.32. The Morgan fingerprint density at radius 2 is 1.67 bits per heavy atom. The first-order chi connectivity index (χ1) is 8.50. The Morgan fingerprint density at radius 3 is 2.28 bits per heavy atom. The van der Waals surface area contributed by atoms with E-state index in [1.54, 1.807) is 24.3 Å². The van der Waals surface area contributed by atoms with Gasteiger partial charge in [-0.05, 0) is 45.3 Å². The highest BCUT2D eigenvalue weighted by molar-refractivity contribution is 9.10. The summed E-state index contributed by atoms with van der Waals surface area (Å²) in [6.45, 7) is 0. The van der Waals surface area contributed by atoms with Gasteiger partial charge in [0.2, 0.25) is 0 Å². The number of hydrogen-bond acceptors (Lipinski definition) is 1. The van der Waals surface area contributed by atoms with Crippen molar-refractivity contribution in [1.82, 2.24) is 0 Å². The molecule has 0 aromatic heterocycles. The lowest BCUT2D eigenvalue weighted by molar-refractivity contribution is 0.501. The third-order valence-corrected chi connectivity index (χ3v) is 3.69. The maximum atomic E-state index is 13.4. The van der Waals surface area contributed by atoms with Gasteiger partial charge in [-0.25, -0.2) is 8.78 Å². The average Bonchev–Trinajstić information content (AvgIpc) is 2.36. The molecule has 0 amide bonds. The van der Waals surface area contributed by atoms with Crippen LogP contribution in [0.4, 0.5) is 8.78 Å². The van der Waals surface area contributed by atoms with Gasteiger partial charge in [-0.3, -0.25) is 0 Å². The van der Waals surface area contributed by atoms with Gasteiger partial charge in [0.1, 0.15) is 0 Å². The molecule has 0 radical (unpaired) electrons. The van der Waals surface area contributed by atoms with Crippen LogP contribution in [0, 0.1) is 11.6 Å². The highest BCUT2D eigenvalue weighted by Gasteiger charge is 2.17. The normalized spacial score (nSPS) is 12.5. The maximum absolute atomic E-state index is 13.4. The monoisotopic (exact) mass is 331 g/mol. The van der Waals surface area contributed by atoms with Gasteiger partial charge in [0.15, 0.2) is 11.6 Å². The molecule has 0 aliphatic rings. The molecule has 0 heterocycles. The third-order valence-electron chi connectivity index (χ3n) is 2.63. The Hall–Kier alpha value is -0.970. The van der Waals surface area contributed by atoms with Crippen molar-refractivity contribution in [2.45, 2.75) is 6.04 Å². The van der Waals surface area contributed by atoms with Gasteiger partial charge in [0.05, 0.1) is 10.5 Å². The van der Waals surface area contributed by atoms with Gasteiger partial charge in [-0.15, -0.1) is 0 Å². The fourth-order valence-electron chi connectivity index (χ4n) is 1.63. The average molecular weight is 333 g/mol. The topological polar surface area (TPSA) is 26.0 Å². The molecule has 2 aromatic carbocycles. The van der Waals surface area contributed by atoms with Gasteiger partial charge < -0.3 is 5.73 Å². The summed E-state index contributed by atoms with van der Waals surface area (Å²) in [7, 11) is 0. The predicted octanol–water partition coefficient (Wildman–Crippen LogP) is 4.43. The molecular formula is C13H9BrClF2N. The lowest BCUT2D eigenvalue weighted by Crippen LogP contribution is -2.13. The summed E-state index contributed by atoms with van der Waals surface area (Å²) in [5.41, 5.74) is 7.28. The van der Waals surface area contributed by atoms with E-state index in [2.05, 4.69) is 15.9 Å². The van der Waals surface area contributed by atoms with Gasteiger partial charge in [0.25, 0.3) is 0 Å². The molecule has 0 spiro atoms. The molecule has 5 heteroatoms. The lowest BCUT2D eigenvalue weighted by Gasteiger charge is -2.15. The zero-order chi connectivity index (χ0) is 13.3. The van der Waals surface area contributed by atoms with E-state index >= 15 is 0 Å². The summed E-state index contributed by atoms with van der Waals surface area (Å²) >= 11 is 8.80. The molecule has 0 aliphatic heterocycles. The Morgan fingerprint density at radius 1 is 1.06 bits per heavy atom. The summed E-state index contributed by atoms with van der Waals surface area (Å²) in [5.74, 6) is -1.84. The van der Waals surface area contributed by atoms with Crippen molar-refractivity contribution >= 4 is 27.5 Å². The first-order valence-corrected chi connectivity index (χ1v) is 6.32. The minimum absolute atomic E-state index is 0.0463. The third kappa shape index (κ3) is 2.55. The van der Waals surface area contributed by atoms with Crippen LogP contribution in [0.1, 0.15) is 17.2 Å². The maximum Gasteiger partial charge on any atom is 0.173 e. The molecular weight excluding hydrogens is 324 g/mol. The highest BCUT2D eigenvalue weighted by Crippen LogP contribution is 2.30. The van der Waals surface area contributed by atoms with Crippen molar-refractivity contribution in [2.24, 2.45) is 5.73 Å². The molecule has 1 unspecified atom stereocenters. The molecule has 0 saturated carbocycles. The molecule has 18 heavy (non-hydrogen) atoms. The van der Waals surface area contributed by atoms with Crippen LogP contribution in [-0.2, 0) is 0 Å². The lowest BCUT2D eigenvalue weighted by atomic mass is 9.99. The minimum Gasteiger partial charge on any atom is -0.320 e. The van der Waals surface area contributed by atoms with Crippen molar-refractivity contribution < 1.29 is 8.78 Å². The Kier molecular flexibility index (Phi) is 4.00. The van der Waals surface area contributed by atoms with Gasteiger partial charge >= 0.3 is 0 Å². The minimum atomic E-state index is -0.933. The van der Waals surface area contributed by atoms with Crippen molar-refractivity contribution in [3.8, 4) is 0 Å². The fraction of sp³-hybridized carbons (Fsp3) is 0.0769. The summed E-state index contributed by atoms with van der Waals surface area (Å²) in [6, 6.07) is 8.87. The standard InChI is InChI=1S/C13H9BrClF2N/c14-11-9(5-6-10(16)12(11)17)13(18)7-1-3-8(15)4-2-7/h1-6,13H,18H2. The van der Waals surface area contributed by atoms with Crippen LogP contribution in [0.3, 0.4) is 0 Å². The Bertz CT molecular complexity index is 572. The smallest absolute Gasteiger partial charge is 0.173 e. The second kappa shape index (κ2) is 5.34. The second-order valence-electron chi connectivity index (χ2n) is 3.79. The highest BCUT2D eigenvalue weighted by atomic mass is 79.9. The van der Waals surface area contributed by atoms with Crippen LogP contribution >= 0.6 is 27.5 Å². The number of rotatable bonds is 2. The summed E-state index contributed by atoms with van der Waals surface area (Å²) in [5, 5.41) is 0.593. The SMILES string of the molecule is NC(c1ccc(Cl)cc1)c1ccc(F)c(F)c1Br. The summed E-state index contributed by atoms with van der Waals surface area (Å²) < 4.78 is 26.5. The number of hydrogen-bond donors (Lipinski definition) is 1. The van der Waals surface area contributed by atoms with Crippen LogP contribution in [0.25, 0.3) is 0 Å². The van der Waals surface area contributed by atoms with E-state index in [9.17, 15) is 8.78 Å². The molecule has 0 aliphatic carbocycles. The van der Waals surface area contributed by atoms with Gasteiger partial charge in [0, 0.05) is 5.02 Å². The van der Waals surface area contributed by atoms with Crippen LogP contribution in [0.5, 0.6) is 0 Å². The van der Waals surface area contributed by atoms with Gasteiger partial charge in [-0.2, -0.15) is 0 Å². The van der Waals surface area contributed by atoms with E-state index in [-0.39, 0.29) is 4.47 Å². The van der Waals surface area contributed by atoms with Crippen molar-refractivity contribution in [2.75, 3.05) is 0 Å². The zero-order valence-corrected chi connectivity index (χ0v) is 11.5. The summed E-state index contributed by atoms with van der Waals surface area (Å²) in [4.78, 5) is 0. The predicted molar refractivity (Wildman–Crippen MR) is 71.5 cm³/mol. The van der Waals surface area contributed by atoms with Crippen molar-refractivity contribution in [1.29, 1.82) is 0 Å². The van der Waals surface area contributed by atoms with E-state index in [1.807, 2.05) is 0 Å². The molecule has 2 N–H and O–H groups in total. The van der Waals surface area contributed by atoms with E-state index < -0.39 is 17.7 Å². The van der Waals surface area contributed by atoms with Crippen LogP contribution in [0.15, 0.2) is 40.9 Å². The molecule has 1 nitrogen and oxygen atoms in total. The van der Waals surface area contributed by atoms with Crippen LogP contribution in [-0.4, -0.2) is 0 Å². The van der Waals surface area contributed by atoms with Crippen molar-refractivity contribution in [3.63, 3.8) is 0 Å². The molecule has 1 atom stereocenters. The molecule has 0 fully saturated rings. The quantitative estimate of drug-likeness (QED) is 0.809. The number of halogens is 4. The Labute approximate surface area is 117 Å². The van der Waals surface area contributed by atoms with Crippen LogP contribution < -0.4 is 5.73 Å². The van der Waals surface area contributed by atoms with Crippen LogP contribution in [0.2, 0.25) is 5.02 Å².